The van der Waals surface area contributed by atoms with E-state index in [0.29, 0.717) is 6.04 Å². The van der Waals surface area contributed by atoms with Gasteiger partial charge in [0.2, 0.25) is 0 Å². The first kappa shape index (κ1) is 8.72. The van der Waals surface area contributed by atoms with Gasteiger partial charge in [-0.05, 0) is 12.8 Å². The minimum Gasteiger partial charge on any atom is -0.393 e. The molecule has 0 aliphatic heterocycles. The van der Waals surface area contributed by atoms with E-state index < -0.39 is 0 Å². The molecule has 1 aliphatic rings. The number of aliphatic hydroxyl groups is 1. The number of aryl methyl sites for hydroxylation is 1. The lowest BCUT2D eigenvalue weighted by Crippen LogP contribution is -2.43. The van der Waals surface area contributed by atoms with Crippen molar-refractivity contribution >= 4 is 0 Å². The van der Waals surface area contributed by atoms with Gasteiger partial charge in [0, 0.05) is 25.5 Å². The average Bonchev–Trinajstić information content (AvgIpc) is 2.43. The highest BCUT2D eigenvalue weighted by atomic mass is 16.3. The van der Waals surface area contributed by atoms with E-state index in [9.17, 15) is 0 Å². The summed E-state index contributed by atoms with van der Waals surface area (Å²) in [5.74, 6) is 1.04. The van der Waals surface area contributed by atoms with Crippen LogP contribution in [0.3, 0.4) is 0 Å². The van der Waals surface area contributed by atoms with Crippen LogP contribution in [0.4, 0.5) is 0 Å². The second kappa shape index (κ2) is 3.47. The van der Waals surface area contributed by atoms with Gasteiger partial charge in [-0.1, -0.05) is 0 Å². The average molecular weight is 181 g/mol. The molecule has 2 rings (SSSR count). The zero-order valence-corrected chi connectivity index (χ0v) is 7.77. The first-order valence-electron chi connectivity index (χ1n) is 4.63. The van der Waals surface area contributed by atoms with Crippen LogP contribution < -0.4 is 5.32 Å². The fraction of sp³-hybridized carbons (Fsp3) is 0.667. The minimum absolute atomic E-state index is 0.0844. The molecule has 0 bridgehead atoms. The van der Waals surface area contributed by atoms with E-state index in [-0.39, 0.29) is 6.10 Å². The molecule has 0 unspecified atom stereocenters. The molecule has 1 aliphatic carbocycles. The van der Waals surface area contributed by atoms with Gasteiger partial charge in [0.25, 0.3) is 0 Å². The molecular weight excluding hydrogens is 166 g/mol. The van der Waals surface area contributed by atoms with Crippen molar-refractivity contribution in [3.63, 3.8) is 0 Å². The summed E-state index contributed by atoms with van der Waals surface area (Å²) in [6, 6.07) is 0.478. The summed E-state index contributed by atoms with van der Waals surface area (Å²) in [5, 5.41) is 12.4. The van der Waals surface area contributed by atoms with E-state index >= 15 is 0 Å². The van der Waals surface area contributed by atoms with Crippen molar-refractivity contribution in [1.82, 2.24) is 14.9 Å². The molecule has 13 heavy (non-hydrogen) atoms. The third kappa shape index (κ3) is 1.89. The standard InChI is InChI=1S/C9H15N3O/c1-12-3-2-10-9(12)6-11-7-4-8(13)5-7/h2-3,7-8,11,13H,4-6H2,1H3. The van der Waals surface area contributed by atoms with Crippen LogP contribution in [0.1, 0.15) is 18.7 Å². The highest BCUT2D eigenvalue weighted by Crippen LogP contribution is 2.19. The molecule has 1 aromatic heterocycles. The van der Waals surface area contributed by atoms with Gasteiger partial charge in [-0.15, -0.1) is 0 Å². The zero-order chi connectivity index (χ0) is 9.26. The highest BCUT2D eigenvalue weighted by molar-refractivity contribution is 4.93. The Balaban J connectivity index is 1.77. The Morgan fingerprint density at radius 2 is 2.46 bits per heavy atom. The van der Waals surface area contributed by atoms with E-state index in [4.69, 9.17) is 5.11 Å². The van der Waals surface area contributed by atoms with Crippen molar-refractivity contribution < 1.29 is 5.11 Å². The molecule has 0 radical (unpaired) electrons. The number of nitrogens with one attached hydrogen (secondary N) is 1. The molecule has 0 saturated heterocycles. The minimum atomic E-state index is -0.0844. The third-order valence-electron chi connectivity index (χ3n) is 2.58. The summed E-state index contributed by atoms with van der Waals surface area (Å²) in [5.41, 5.74) is 0. The molecule has 0 aromatic carbocycles. The summed E-state index contributed by atoms with van der Waals surface area (Å²) in [7, 11) is 1.99. The molecule has 4 nitrogen and oxygen atoms in total. The van der Waals surface area contributed by atoms with E-state index in [2.05, 4.69) is 10.3 Å². The SMILES string of the molecule is Cn1ccnc1CNC1CC(O)C1. The van der Waals surface area contributed by atoms with E-state index in [1.807, 2.05) is 17.8 Å². The first-order chi connectivity index (χ1) is 6.25. The largest absolute Gasteiger partial charge is 0.393 e. The molecule has 0 atom stereocenters. The Morgan fingerprint density at radius 1 is 1.69 bits per heavy atom. The number of hydrogen-bond acceptors (Lipinski definition) is 3. The van der Waals surface area contributed by atoms with Gasteiger partial charge in [0.15, 0.2) is 0 Å². The number of rotatable bonds is 3. The van der Waals surface area contributed by atoms with Gasteiger partial charge in [-0.2, -0.15) is 0 Å². The maximum atomic E-state index is 9.07. The summed E-state index contributed by atoms with van der Waals surface area (Å²) in [6.45, 7) is 0.793. The number of aliphatic hydroxyl groups excluding tert-OH is 1. The molecule has 2 N–H and O–H groups in total. The predicted octanol–water partition coefficient (Wildman–Crippen LogP) is 0.0330. The monoisotopic (exact) mass is 181 g/mol. The van der Waals surface area contributed by atoms with Crippen LogP contribution in [0.2, 0.25) is 0 Å². The zero-order valence-electron chi connectivity index (χ0n) is 7.77. The topological polar surface area (TPSA) is 50.1 Å². The van der Waals surface area contributed by atoms with Crippen molar-refractivity contribution in [3.05, 3.63) is 18.2 Å². The van der Waals surface area contributed by atoms with Crippen molar-refractivity contribution in [2.45, 2.75) is 31.5 Å². The van der Waals surface area contributed by atoms with Crippen molar-refractivity contribution in [1.29, 1.82) is 0 Å². The van der Waals surface area contributed by atoms with Gasteiger partial charge in [0.05, 0.1) is 12.6 Å². The quantitative estimate of drug-likeness (QED) is 0.692. The smallest absolute Gasteiger partial charge is 0.122 e. The molecular formula is C9H15N3O. The summed E-state index contributed by atoms with van der Waals surface area (Å²) in [6.07, 6.45) is 5.41. The molecule has 1 saturated carbocycles. The molecule has 1 aromatic rings. The van der Waals surface area contributed by atoms with Crippen molar-refractivity contribution in [3.8, 4) is 0 Å². The van der Waals surface area contributed by atoms with Crippen LogP contribution >= 0.6 is 0 Å². The molecule has 0 spiro atoms. The van der Waals surface area contributed by atoms with Gasteiger partial charge >= 0.3 is 0 Å². The lowest BCUT2D eigenvalue weighted by atomic mass is 9.89. The number of imidazole rings is 1. The van der Waals surface area contributed by atoms with Crippen molar-refractivity contribution in [2.75, 3.05) is 0 Å². The normalized spacial score (nSPS) is 27.2. The summed E-state index contributed by atoms with van der Waals surface area (Å²) < 4.78 is 2.00. The lowest BCUT2D eigenvalue weighted by molar-refractivity contribution is 0.0616. The highest BCUT2D eigenvalue weighted by Gasteiger charge is 2.26. The van der Waals surface area contributed by atoms with Crippen LogP contribution in [-0.2, 0) is 13.6 Å². The maximum absolute atomic E-state index is 9.07. The molecule has 1 fully saturated rings. The maximum Gasteiger partial charge on any atom is 0.122 e. The van der Waals surface area contributed by atoms with Crippen LogP contribution in [0.15, 0.2) is 12.4 Å². The van der Waals surface area contributed by atoms with E-state index in [1.54, 1.807) is 6.20 Å². The second-order valence-corrected chi connectivity index (χ2v) is 3.66. The molecule has 0 amide bonds. The Morgan fingerprint density at radius 3 is 3.00 bits per heavy atom. The summed E-state index contributed by atoms with van der Waals surface area (Å²) >= 11 is 0. The fourth-order valence-electron chi connectivity index (χ4n) is 1.56. The van der Waals surface area contributed by atoms with Gasteiger partial charge in [0.1, 0.15) is 5.82 Å². The van der Waals surface area contributed by atoms with Gasteiger partial charge < -0.3 is 15.0 Å². The third-order valence-corrected chi connectivity index (χ3v) is 2.58. The van der Waals surface area contributed by atoms with Crippen LogP contribution in [0, 0.1) is 0 Å². The molecule has 72 valence electrons. The Kier molecular flexibility index (Phi) is 2.33. The van der Waals surface area contributed by atoms with Gasteiger partial charge in [-0.25, -0.2) is 4.98 Å². The number of hydrogen-bond donors (Lipinski definition) is 2. The van der Waals surface area contributed by atoms with Gasteiger partial charge in [-0.3, -0.25) is 0 Å². The fourth-order valence-corrected chi connectivity index (χ4v) is 1.56. The summed E-state index contributed by atoms with van der Waals surface area (Å²) in [4.78, 5) is 4.20. The second-order valence-electron chi connectivity index (χ2n) is 3.66. The van der Waals surface area contributed by atoms with Crippen LogP contribution in [0.5, 0.6) is 0 Å². The van der Waals surface area contributed by atoms with E-state index in [1.165, 1.54) is 0 Å². The Bertz CT molecular complexity index is 278. The molecule has 1 heterocycles. The number of nitrogens with zero attached hydrogens (tertiary/aromatic N) is 2. The van der Waals surface area contributed by atoms with E-state index in [0.717, 1.165) is 25.2 Å². The van der Waals surface area contributed by atoms with Crippen molar-refractivity contribution in [2.24, 2.45) is 7.05 Å². The lowest BCUT2D eigenvalue weighted by Gasteiger charge is -2.32. The number of aromatic nitrogens is 2. The first-order valence-corrected chi connectivity index (χ1v) is 4.63. The molecule has 4 heteroatoms. The van der Waals surface area contributed by atoms with Crippen LogP contribution in [-0.4, -0.2) is 26.8 Å². The Labute approximate surface area is 77.6 Å². The Hall–Kier alpha value is -0.870. The van der Waals surface area contributed by atoms with Crippen LogP contribution in [0.25, 0.3) is 0 Å². The predicted molar refractivity (Wildman–Crippen MR) is 49.1 cm³/mol.